The zero-order valence-corrected chi connectivity index (χ0v) is 13.6. The maximum Gasteiger partial charge on any atom is 0.407 e. The summed E-state index contributed by atoms with van der Waals surface area (Å²) in [6, 6.07) is 15.0. The van der Waals surface area contributed by atoms with Crippen LogP contribution in [0.25, 0.3) is 0 Å². The Kier molecular flexibility index (Phi) is 4.99. The second kappa shape index (κ2) is 7.34. The van der Waals surface area contributed by atoms with Crippen molar-refractivity contribution in [2.45, 2.75) is 38.5 Å². The highest BCUT2D eigenvalue weighted by atomic mass is 19.1. The normalized spacial score (nSPS) is 19.2. The highest BCUT2D eigenvalue weighted by Crippen LogP contribution is 2.25. The lowest BCUT2D eigenvalue weighted by molar-refractivity contribution is 0.129. The van der Waals surface area contributed by atoms with Gasteiger partial charge in [0, 0.05) is 17.8 Å². The lowest BCUT2D eigenvalue weighted by Gasteiger charge is -2.36. The van der Waals surface area contributed by atoms with E-state index in [9.17, 15) is 9.18 Å². The van der Waals surface area contributed by atoms with E-state index in [1.54, 1.807) is 13.0 Å². The molecule has 1 aliphatic carbocycles. The Morgan fingerprint density at radius 2 is 1.92 bits per heavy atom. The number of carbonyl (C=O) groups is 1. The Bertz CT molecular complexity index is 700. The quantitative estimate of drug-likeness (QED) is 0.872. The van der Waals surface area contributed by atoms with Gasteiger partial charge in [0.2, 0.25) is 0 Å². The average molecular weight is 328 g/mol. The third-order valence-electron chi connectivity index (χ3n) is 4.22. The van der Waals surface area contributed by atoms with Gasteiger partial charge in [0.05, 0.1) is 0 Å². The molecule has 2 aromatic rings. The van der Waals surface area contributed by atoms with E-state index >= 15 is 0 Å². The second-order valence-corrected chi connectivity index (χ2v) is 6.18. The van der Waals surface area contributed by atoms with E-state index in [-0.39, 0.29) is 24.5 Å². The number of ether oxygens (including phenoxy) is 1. The van der Waals surface area contributed by atoms with Crippen LogP contribution in [0.15, 0.2) is 48.5 Å². The van der Waals surface area contributed by atoms with E-state index in [0.717, 1.165) is 24.1 Å². The van der Waals surface area contributed by atoms with Gasteiger partial charge in [-0.1, -0.05) is 36.4 Å². The first kappa shape index (κ1) is 16.3. The van der Waals surface area contributed by atoms with Gasteiger partial charge in [-0.05, 0) is 43.0 Å². The van der Waals surface area contributed by atoms with Gasteiger partial charge in [0.25, 0.3) is 0 Å². The number of rotatable bonds is 5. The number of carbonyl (C=O) groups excluding carboxylic acids is 1. The maximum atomic E-state index is 13.5. The number of alkyl carbamates (subject to hydrolysis) is 1. The number of anilines is 1. The average Bonchev–Trinajstić information content (AvgIpc) is 2.55. The number of benzene rings is 2. The largest absolute Gasteiger partial charge is 0.445 e. The summed E-state index contributed by atoms with van der Waals surface area (Å²) < 4.78 is 18.7. The van der Waals surface area contributed by atoms with Gasteiger partial charge in [-0.2, -0.15) is 0 Å². The molecule has 0 unspecified atom stereocenters. The van der Waals surface area contributed by atoms with Gasteiger partial charge < -0.3 is 15.4 Å². The summed E-state index contributed by atoms with van der Waals surface area (Å²) in [6.07, 6.45) is 1.20. The van der Waals surface area contributed by atoms with Crippen LogP contribution in [0, 0.1) is 12.7 Å². The van der Waals surface area contributed by atoms with Crippen molar-refractivity contribution in [2.75, 3.05) is 5.32 Å². The number of aryl methyl sites for hydroxylation is 1. The van der Waals surface area contributed by atoms with Crippen molar-refractivity contribution in [3.63, 3.8) is 0 Å². The van der Waals surface area contributed by atoms with Crippen molar-refractivity contribution >= 4 is 11.8 Å². The summed E-state index contributed by atoms with van der Waals surface area (Å²) >= 11 is 0. The molecule has 2 aromatic carbocycles. The summed E-state index contributed by atoms with van der Waals surface area (Å²) in [5.41, 5.74) is 2.37. The standard InChI is InChI=1S/C19H21FN2O2/c1-13-7-8-15(11-18(13)20)21-16-9-17(10-16)22-19(23)24-12-14-5-3-2-4-6-14/h2-8,11,16-17,21H,9-10,12H2,1H3,(H,22,23). The monoisotopic (exact) mass is 328 g/mol. The lowest BCUT2D eigenvalue weighted by Crippen LogP contribution is -2.49. The van der Waals surface area contributed by atoms with Gasteiger partial charge in [0.1, 0.15) is 12.4 Å². The first-order chi connectivity index (χ1) is 11.6. The summed E-state index contributed by atoms with van der Waals surface area (Å²) in [6.45, 7) is 2.01. The van der Waals surface area contributed by atoms with E-state index in [4.69, 9.17) is 4.74 Å². The van der Waals surface area contributed by atoms with E-state index in [1.165, 1.54) is 6.07 Å². The zero-order valence-electron chi connectivity index (χ0n) is 13.6. The number of hydrogen-bond donors (Lipinski definition) is 2. The second-order valence-electron chi connectivity index (χ2n) is 6.18. The van der Waals surface area contributed by atoms with E-state index in [0.29, 0.717) is 5.56 Å². The maximum absolute atomic E-state index is 13.5. The lowest BCUT2D eigenvalue weighted by atomic mass is 9.86. The van der Waals surface area contributed by atoms with Crippen LogP contribution in [-0.2, 0) is 11.3 Å². The molecule has 1 amide bonds. The molecule has 2 N–H and O–H groups in total. The van der Waals surface area contributed by atoms with Crippen molar-refractivity contribution in [3.8, 4) is 0 Å². The van der Waals surface area contributed by atoms with E-state index in [1.807, 2.05) is 36.4 Å². The summed E-state index contributed by atoms with van der Waals surface area (Å²) in [4.78, 5) is 11.8. The van der Waals surface area contributed by atoms with Gasteiger partial charge in [-0.15, -0.1) is 0 Å². The van der Waals surface area contributed by atoms with Crippen LogP contribution in [0.5, 0.6) is 0 Å². The SMILES string of the molecule is Cc1ccc(NC2CC(NC(=O)OCc3ccccc3)C2)cc1F. The molecule has 0 spiro atoms. The molecule has 126 valence electrons. The molecule has 1 saturated carbocycles. The molecule has 0 saturated heterocycles. The minimum atomic E-state index is -0.399. The fourth-order valence-corrected chi connectivity index (χ4v) is 2.70. The first-order valence-electron chi connectivity index (χ1n) is 8.10. The number of hydrogen-bond acceptors (Lipinski definition) is 3. The molecule has 1 aliphatic rings. The Balaban J connectivity index is 1.37. The third kappa shape index (κ3) is 4.25. The minimum absolute atomic E-state index is 0.0982. The molecule has 0 aromatic heterocycles. The van der Waals surface area contributed by atoms with Crippen LogP contribution in [-0.4, -0.2) is 18.2 Å². The summed E-state index contributed by atoms with van der Waals surface area (Å²) in [5, 5.41) is 6.12. The van der Waals surface area contributed by atoms with E-state index < -0.39 is 6.09 Å². The van der Waals surface area contributed by atoms with Crippen LogP contribution in [0.4, 0.5) is 14.9 Å². The highest BCUT2D eigenvalue weighted by Gasteiger charge is 2.30. The Hall–Kier alpha value is -2.56. The highest BCUT2D eigenvalue weighted by molar-refractivity contribution is 5.67. The minimum Gasteiger partial charge on any atom is -0.445 e. The van der Waals surface area contributed by atoms with Crippen molar-refractivity contribution < 1.29 is 13.9 Å². The molecule has 5 heteroatoms. The van der Waals surface area contributed by atoms with Crippen LogP contribution < -0.4 is 10.6 Å². The van der Waals surface area contributed by atoms with Crippen molar-refractivity contribution in [3.05, 3.63) is 65.5 Å². The number of amides is 1. The fraction of sp³-hybridized carbons (Fsp3) is 0.316. The smallest absolute Gasteiger partial charge is 0.407 e. The molecule has 0 atom stereocenters. The molecule has 0 aliphatic heterocycles. The molecular weight excluding hydrogens is 307 g/mol. The van der Waals surface area contributed by atoms with Gasteiger partial charge in [0.15, 0.2) is 0 Å². The fourth-order valence-electron chi connectivity index (χ4n) is 2.70. The topological polar surface area (TPSA) is 50.4 Å². The molecule has 0 bridgehead atoms. The summed E-state index contributed by atoms with van der Waals surface area (Å²) in [7, 11) is 0. The van der Waals surface area contributed by atoms with Crippen LogP contribution in [0.1, 0.15) is 24.0 Å². The molecule has 0 heterocycles. The Morgan fingerprint density at radius 3 is 2.62 bits per heavy atom. The van der Waals surface area contributed by atoms with Crippen LogP contribution in [0.2, 0.25) is 0 Å². The predicted octanol–water partition coefficient (Wildman–Crippen LogP) is 4.00. The van der Waals surface area contributed by atoms with Crippen LogP contribution in [0.3, 0.4) is 0 Å². The third-order valence-corrected chi connectivity index (χ3v) is 4.22. The van der Waals surface area contributed by atoms with Gasteiger partial charge >= 0.3 is 6.09 Å². The molecule has 4 nitrogen and oxygen atoms in total. The van der Waals surface area contributed by atoms with Crippen molar-refractivity contribution in [1.29, 1.82) is 0 Å². The van der Waals surface area contributed by atoms with E-state index in [2.05, 4.69) is 10.6 Å². The molecule has 0 radical (unpaired) electrons. The molecule has 3 rings (SSSR count). The van der Waals surface area contributed by atoms with Crippen molar-refractivity contribution in [1.82, 2.24) is 5.32 Å². The van der Waals surface area contributed by atoms with Gasteiger partial charge in [-0.3, -0.25) is 0 Å². The molecule has 1 fully saturated rings. The number of halogens is 1. The van der Waals surface area contributed by atoms with Gasteiger partial charge in [-0.25, -0.2) is 9.18 Å². The summed E-state index contributed by atoms with van der Waals surface area (Å²) in [5.74, 6) is -0.210. The Labute approximate surface area is 141 Å². The molecule has 24 heavy (non-hydrogen) atoms. The zero-order chi connectivity index (χ0) is 16.9. The van der Waals surface area contributed by atoms with Crippen LogP contribution >= 0.6 is 0 Å². The molecular formula is C19H21FN2O2. The van der Waals surface area contributed by atoms with Crippen molar-refractivity contribution in [2.24, 2.45) is 0 Å². The first-order valence-corrected chi connectivity index (χ1v) is 8.10. The predicted molar refractivity (Wildman–Crippen MR) is 91.3 cm³/mol. The number of nitrogens with one attached hydrogen (secondary N) is 2. The Morgan fingerprint density at radius 1 is 1.17 bits per heavy atom.